The number of nitro groups is 1. The van der Waals surface area contributed by atoms with Gasteiger partial charge >= 0.3 is 0 Å². The van der Waals surface area contributed by atoms with E-state index in [1.807, 2.05) is 0 Å². The van der Waals surface area contributed by atoms with Gasteiger partial charge < -0.3 is 10.7 Å². The van der Waals surface area contributed by atoms with Gasteiger partial charge in [0.15, 0.2) is 0 Å². The van der Waals surface area contributed by atoms with E-state index in [4.69, 9.17) is 5.84 Å². The van der Waals surface area contributed by atoms with E-state index in [9.17, 15) is 14.9 Å². The molecule has 0 heterocycles. The van der Waals surface area contributed by atoms with Crippen molar-refractivity contribution in [1.82, 2.24) is 5.32 Å². The first kappa shape index (κ1) is 13.8. The predicted octanol–water partition coefficient (Wildman–Crippen LogP) is 1.80. The molecule has 1 aromatic rings. The van der Waals surface area contributed by atoms with Crippen molar-refractivity contribution in [2.24, 2.45) is 17.7 Å². The molecule has 21 heavy (non-hydrogen) atoms. The zero-order valence-corrected chi connectivity index (χ0v) is 11.5. The first-order valence-electron chi connectivity index (χ1n) is 7.16. The molecule has 0 unspecified atom stereocenters. The number of carbonyl (C=O) groups excluding carboxylic acids is 1. The summed E-state index contributed by atoms with van der Waals surface area (Å²) in [5, 5.41) is 13.9. The van der Waals surface area contributed by atoms with Gasteiger partial charge in [-0.05, 0) is 49.7 Å². The van der Waals surface area contributed by atoms with Gasteiger partial charge in [0.25, 0.3) is 11.6 Å². The highest BCUT2D eigenvalue weighted by atomic mass is 16.6. The van der Waals surface area contributed by atoms with Crippen LogP contribution >= 0.6 is 0 Å². The fourth-order valence-electron chi connectivity index (χ4n) is 2.72. The highest BCUT2D eigenvalue weighted by Crippen LogP contribution is 2.44. The van der Waals surface area contributed by atoms with Gasteiger partial charge in [0, 0.05) is 17.7 Å². The van der Waals surface area contributed by atoms with Crippen LogP contribution in [0.5, 0.6) is 0 Å². The second kappa shape index (κ2) is 5.33. The number of carbonyl (C=O) groups is 1. The Morgan fingerprint density at radius 2 is 1.90 bits per heavy atom. The van der Waals surface area contributed by atoms with E-state index in [0.29, 0.717) is 17.4 Å². The Hall–Kier alpha value is -2.15. The number of nitrogens with zero attached hydrogens (tertiary/aromatic N) is 1. The number of benzene rings is 1. The lowest BCUT2D eigenvalue weighted by atomic mass is 10.1. The number of nitro benzene ring substituents is 1. The first-order chi connectivity index (χ1) is 10.1. The summed E-state index contributed by atoms with van der Waals surface area (Å²) in [6.45, 7) is 0. The van der Waals surface area contributed by atoms with Crippen molar-refractivity contribution in [3.05, 3.63) is 33.9 Å². The molecule has 1 amide bonds. The summed E-state index contributed by atoms with van der Waals surface area (Å²) in [7, 11) is 0. The fraction of sp³-hybridized carbons (Fsp3) is 0.500. The lowest BCUT2D eigenvalue weighted by Gasteiger charge is -2.17. The van der Waals surface area contributed by atoms with Gasteiger partial charge in [-0.2, -0.15) is 0 Å². The minimum absolute atomic E-state index is 0.141. The van der Waals surface area contributed by atoms with Gasteiger partial charge in [-0.1, -0.05) is 0 Å². The zero-order valence-electron chi connectivity index (χ0n) is 11.5. The number of rotatable bonds is 6. The number of amides is 1. The molecule has 2 saturated carbocycles. The molecule has 0 aromatic heterocycles. The van der Waals surface area contributed by atoms with E-state index < -0.39 is 4.92 Å². The molecule has 3 rings (SSSR count). The SMILES string of the molecule is NNc1cc(C(=O)NC(C2CC2)C2CC2)ccc1[N+](=O)[O-]. The zero-order chi connectivity index (χ0) is 15.0. The molecular weight excluding hydrogens is 272 g/mol. The molecular formula is C14H18N4O3. The maximum Gasteiger partial charge on any atom is 0.293 e. The van der Waals surface area contributed by atoms with Crippen LogP contribution in [0, 0.1) is 22.0 Å². The second-order valence-electron chi connectivity index (χ2n) is 5.81. The van der Waals surface area contributed by atoms with E-state index in [1.54, 1.807) is 0 Å². The van der Waals surface area contributed by atoms with Crippen LogP contribution in [0.25, 0.3) is 0 Å². The van der Waals surface area contributed by atoms with Gasteiger partial charge in [-0.15, -0.1) is 0 Å². The van der Waals surface area contributed by atoms with Crippen LogP contribution in [-0.2, 0) is 0 Å². The van der Waals surface area contributed by atoms with Crippen molar-refractivity contribution in [2.45, 2.75) is 31.7 Å². The smallest absolute Gasteiger partial charge is 0.293 e. The third-order valence-electron chi connectivity index (χ3n) is 4.17. The average Bonchev–Trinajstić information content (AvgIpc) is 3.36. The molecule has 112 valence electrons. The number of hydrogen-bond acceptors (Lipinski definition) is 5. The molecule has 0 radical (unpaired) electrons. The summed E-state index contributed by atoms with van der Waals surface area (Å²) in [6, 6.07) is 4.44. The van der Waals surface area contributed by atoms with Crippen LogP contribution in [-0.4, -0.2) is 16.9 Å². The number of nitrogens with two attached hydrogens (primary N) is 1. The Morgan fingerprint density at radius 1 is 1.29 bits per heavy atom. The quantitative estimate of drug-likeness (QED) is 0.420. The van der Waals surface area contributed by atoms with Crippen molar-refractivity contribution in [2.75, 3.05) is 5.43 Å². The molecule has 4 N–H and O–H groups in total. The molecule has 2 fully saturated rings. The van der Waals surface area contributed by atoms with Crippen LogP contribution in [0.2, 0.25) is 0 Å². The normalized spacial score (nSPS) is 17.6. The molecule has 7 heteroatoms. The summed E-state index contributed by atoms with van der Waals surface area (Å²) in [5.74, 6) is 6.31. The maximum absolute atomic E-state index is 12.3. The molecule has 7 nitrogen and oxygen atoms in total. The molecule has 0 spiro atoms. The standard InChI is InChI=1S/C14H18N4O3/c15-17-11-7-10(5-6-12(11)18(20)21)14(19)16-13(8-1-2-8)9-3-4-9/h5-9,13,17H,1-4,15H2,(H,16,19). The fourth-order valence-corrected chi connectivity index (χ4v) is 2.72. The van der Waals surface area contributed by atoms with Crippen LogP contribution in [0.3, 0.4) is 0 Å². The first-order valence-corrected chi connectivity index (χ1v) is 7.16. The summed E-state index contributed by atoms with van der Waals surface area (Å²) in [6.07, 6.45) is 4.71. The second-order valence-corrected chi connectivity index (χ2v) is 5.81. The van der Waals surface area contributed by atoms with Crippen LogP contribution in [0.15, 0.2) is 18.2 Å². The molecule has 0 bridgehead atoms. The topological polar surface area (TPSA) is 110 Å². The van der Waals surface area contributed by atoms with E-state index in [0.717, 1.165) is 0 Å². The van der Waals surface area contributed by atoms with Crippen molar-refractivity contribution in [3.63, 3.8) is 0 Å². The molecule has 0 aliphatic heterocycles. The maximum atomic E-state index is 12.3. The Morgan fingerprint density at radius 3 is 2.38 bits per heavy atom. The number of anilines is 1. The van der Waals surface area contributed by atoms with Crippen LogP contribution < -0.4 is 16.6 Å². The third kappa shape index (κ3) is 2.97. The Balaban J connectivity index is 1.76. The average molecular weight is 290 g/mol. The summed E-state index contributed by atoms with van der Waals surface area (Å²) >= 11 is 0. The minimum Gasteiger partial charge on any atom is -0.349 e. The predicted molar refractivity (Wildman–Crippen MR) is 77.6 cm³/mol. The van der Waals surface area contributed by atoms with Crippen LogP contribution in [0.1, 0.15) is 36.0 Å². The van der Waals surface area contributed by atoms with E-state index in [-0.39, 0.29) is 23.3 Å². The lowest BCUT2D eigenvalue weighted by molar-refractivity contribution is -0.384. The summed E-state index contributed by atoms with van der Waals surface area (Å²) in [4.78, 5) is 22.6. The molecule has 2 aliphatic rings. The summed E-state index contributed by atoms with van der Waals surface area (Å²) < 4.78 is 0. The van der Waals surface area contributed by atoms with Gasteiger partial charge in [0.1, 0.15) is 5.69 Å². The highest BCUT2D eigenvalue weighted by Gasteiger charge is 2.42. The van der Waals surface area contributed by atoms with Crippen molar-refractivity contribution >= 4 is 17.3 Å². The Bertz CT molecular complexity index is 570. The summed E-state index contributed by atoms with van der Waals surface area (Å²) in [5.41, 5.74) is 2.66. The van der Waals surface area contributed by atoms with Crippen molar-refractivity contribution < 1.29 is 9.72 Å². The van der Waals surface area contributed by atoms with Gasteiger partial charge in [-0.25, -0.2) is 0 Å². The lowest BCUT2D eigenvalue weighted by Crippen LogP contribution is -2.38. The number of nitrogens with one attached hydrogen (secondary N) is 2. The van der Waals surface area contributed by atoms with E-state index >= 15 is 0 Å². The molecule has 2 aliphatic carbocycles. The highest BCUT2D eigenvalue weighted by molar-refractivity contribution is 5.96. The number of hydrogen-bond donors (Lipinski definition) is 3. The monoisotopic (exact) mass is 290 g/mol. The van der Waals surface area contributed by atoms with Gasteiger partial charge in [0.2, 0.25) is 0 Å². The largest absolute Gasteiger partial charge is 0.349 e. The number of nitrogen functional groups attached to an aromatic ring is 1. The van der Waals surface area contributed by atoms with Crippen molar-refractivity contribution in [3.8, 4) is 0 Å². The minimum atomic E-state index is -0.534. The molecule has 0 atom stereocenters. The molecule has 1 aromatic carbocycles. The Labute approximate surface area is 122 Å². The van der Waals surface area contributed by atoms with Crippen molar-refractivity contribution in [1.29, 1.82) is 0 Å². The van der Waals surface area contributed by atoms with E-state index in [1.165, 1.54) is 43.9 Å². The Kier molecular flexibility index (Phi) is 3.50. The van der Waals surface area contributed by atoms with E-state index in [2.05, 4.69) is 10.7 Å². The molecule has 0 saturated heterocycles. The van der Waals surface area contributed by atoms with Gasteiger partial charge in [0.05, 0.1) is 4.92 Å². The third-order valence-corrected chi connectivity index (χ3v) is 4.17. The van der Waals surface area contributed by atoms with Gasteiger partial charge in [-0.3, -0.25) is 20.8 Å². The number of hydrazine groups is 1. The van der Waals surface area contributed by atoms with Crippen LogP contribution in [0.4, 0.5) is 11.4 Å².